The van der Waals surface area contributed by atoms with Gasteiger partial charge in [0.2, 0.25) is 0 Å². The van der Waals surface area contributed by atoms with Gasteiger partial charge in [-0.2, -0.15) is 0 Å². The molecule has 1 aromatic carbocycles. The number of rotatable bonds is 0. The average Bonchev–Trinajstić information content (AvgIpc) is 2.51. The van der Waals surface area contributed by atoms with Gasteiger partial charge in [-0.1, -0.05) is 0 Å². The molecule has 2 heteroatoms. The summed E-state index contributed by atoms with van der Waals surface area (Å²) in [5, 5.41) is 3.14. The summed E-state index contributed by atoms with van der Waals surface area (Å²) in [6.45, 7) is 0. The summed E-state index contributed by atoms with van der Waals surface area (Å²) in [7, 11) is 0. The van der Waals surface area contributed by atoms with Gasteiger partial charge in [0, 0.05) is 10.3 Å². The zero-order valence-corrected chi connectivity index (χ0v) is 6.99. The largest absolute Gasteiger partial charge is 0.144 e. The van der Waals surface area contributed by atoms with Gasteiger partial charge >= 0.3 is 0 Å². The fourth-order valence-electron chi connectivity index (χ4n) is 1.10. The summed E-state index contributed by atoms with van der Waals surface area (Å²) in [5.74, 6) is 2.38. The molecule has 0 N–H and O–H groups in total. The summed E-state index contributed by atoms with van der Waals surface area (Å²) >= 11 is 1.67. The van der Waals surface area contributed by atoms with Gasteiger partial charge in [0.15, 0.2) is 0 Å². The van der Waals surface area contributed by atoms with Crippen LogP contribution in [-0.2, 0) is 0 Å². The third-order valence-corrected chi connectivity index (χ3v) is 2.54. The van der Waals surface area contributed by atoms with Crippen molar-refractivity contribution in [2.75, 3.05) is 0 Å². The van der Waals surface area contributed by atoms with Crippen LogP contribution in [0.1, 0.15) is 5.56 Å². The van der Waals surface area contributed by atoms with Crippen molar-refractivity contribution >= 4 is 21.4 Å². The SMILES string of the molecule is FC#Cc1ccc2sccc2c1. The zero-order valence-electron chi connectivity index (χ0n) is 6.17. The number of benzene rings is 1. The van der Waals surface area contributed by atoms with Crippen LogP contribution >= 0.6 is 11.3 Å². The summed E-state index contributed by atoms with van der Waals surface area (Å²) in [6, 6.07) is 7.67. The van der Waals surface area contributed by atoms with Crippen LogP contribution in [0.3, 0.4) is 0 Å². The summed E-state index contributed by atoms with van der Waals surface area (Å²) < 4.78 is 12.9. The topological polar surface area (TPSA) is 0 Å². The highest BCUT2D eigenvalue weighted by molar-refractivity contribution is 7.17. The highest BCUT2D eigenvalue weighted by atomic mass is 32.1. The summed E-state index contributed by atoms with van der Waals surface area (Å²) in [5.41, 5.74) is 0.725. The van der Waals surface area contributed by atoms with Crippen LogP contribution in [0.5, 0.6) is 0 Å². The fraction of sp³-hybridized carbons (Fsp3) is 0. The molecule has 0 spiro atoms. The van der Waals surface area contributed by atoms with Crippen molar-refractivity contribution in [3.8, 4) is 12.1 Å². The second-order valence-electron chi connectivity index (χ2n) is 2.39. The van der Waals surface area contributed by atoms with E-state index in [1.165, 1.54) is 10.9 Å². The Kier molecular flexibility index (Phi) is 1.81. The van der Waals surface area contributed by atoms with Crippen LogP contribution < -0.4 is 0 Å². The van der Waals surface area contributed by atoms with Gasteiger partial charge in [0.25, 0.3) is 0 Å². The Morgan fingerprint density at radius 3 is 3.00 bits per heavy atom. The van der Waals surface area contributed by atoms with E-state index in [4.69, 9.17) is 0 Å². The monoisotopic (exact) mass is 176 g/mol. The predicted molar refractivity (Wildman–Crippen MR) is 49.8 cm³/mol. The zero-order chi connectivity index (χ0) is 8.39. The summed E-state index contributed by atoms with van der Waals surface area (Å²) in [4.78, 5) is 0. The van der Waals surface area contributed by atoms with Crippen LogP contribution in [0.2, 0.25) is 0 Å². The molecule has 0 aliphatic carbocycles. The molecule has 58 valence electrons. The van der Waals surface area contributed by atoms with E-state index in [2.05, 4.69) is 5.92 Å². The van der Waals surface area contributed by atoms with E-state index in [-0.39, 0.29) is 0 Å². The van der Waals surface area contributed by atoms with Crippen LogP contribution in [0.4, 0.5) is 4.39 Å². The van der Waals surface area contributed by atoms with Gasteiger partial charge in [-0.3, -0.25) is 0 Å². The molecule has 0 aliphatic heterocycles. The first-order chi connectivity index (χ1) is 5.90. The fourth-order valence-corrected chi connectivity index (χ4v) is 1.87. The Labute approximate surface area is 73.6 Å². The van der Waals surface area contributed by atoms with Gasteiger partial charge < -0.3 is 0 Å². The van der Waals surface area contributed by atoms with Crippen molar-refractivity contribution in [3.05, 3.63) is 35.2 Å². The lowest BCUT2D eigenvalue weighted by Crippen LogP contribution is -1.70. The highest BCUT2D eigenvalue weighted by Crippen LogP contribution is 2.21. The number of halogens is 1. The maximum Gasteiger partial charge on any atom is 0.111 e. The second kappa shape index (κ2) is 2.96. The molecule has 2 aromatic rings. The minimum Gasteiger partial charge on any atom is -0.144 e. The molecule has 0 saturated carbocycles. The maximum absolute atomic E-state index is 11.6. The number of fused-ring (bicyclic) bond motifs is 1. The lowest BCUT2D eigenvalue weighted by atomic mass is 10.2. The van der Waals surface area contributed by atoms with Gasteiger partial charge in [-0.05, 0) is 41.0 Å². The number of hydrogen-bond acceptors (Lipinski definition) is 1. The lowest BCUT2D eigenvalue weighted by Gasteiger charge is -1.89. The molecule has 2 rings (SSSR count). The van der Waals surface area contributed by atoms with Gasteiger partial charge in [-0.25, -0.2) is 0 Å². The van der Waals surface area contributed by atoms with Gasteiger partial charge in [0.05, 0.1) is 0 Å². The third-order valence-electron chi connectivity index (χ3n) is 1.64. The molecule has 0 radical (unpaired) electrons. The van der Waals surface area contributed by atoms with Crippen molar-refractivity contribution in [3.63, 3.8) is 0 Å². The first kappa shape index (κ1) is 7.33. The molecule has 0 atom stereocenters. The predicted octanol–water partition coefficient (Wildman–Crippen LogP) is 3.18. The van der Waals surface area contributed by atoms with Crippen molar-refractivity contribution < 1.29 is 4.39 Å². The molecule has 0 unspecified atom stereocenters. The molecule has 0 bridgehead atoms. The molecule has 12 heavy (non-hydrogen) atoms. The van der Waals surface area contributed by atoms with E-state index in [1.807, 2.05) is 29.6 Å². The van der Waals surface area contributed by atoms with Crippen molar-refractivity contribution in [1.29, 1.82) is 0 Å². The van der Waals surface area contributed by atoms with Crippen LogP contribution in [0, 0.1) is 12.1 Å². The normalized spacial score (nSPS) is 9.42. The van der Waals surface area contributed by atoms with Crippen molar-refractivity contribution in [2.45, 2.75) is 0 Å². The quantitative estimate of drug-likeness (QED) is 0.541. The molecule has 0 nitrogen and oxygen atoms in total. The van der Waals surface area contributed by atoms with E-state index in [0.717, 1.165) is 10.9 Å². The molecule has 1 aromatic heterocycles. The van der Waals surface area contributed by atoms with Crippen molar-refractivity contribution in [2.24, 2.45) is 0 Å². The van der Waals surface area contributed by atoms with E-state index in [0.29, 0.717) is 0 Å². The maximum atomic E-state index is 11.6. The second-order valence-corrected chi connectivity index (χ2v) is 3.34. The highest BCUT2D eigenvalue weighted by Gasteiger charge is 1.94. The first-order valence-corrected chi connectivity index (χ1v) is 4.37. The molecule has 0 fully saturated rings. The molecule has 0 amide bonds. The Bertz CT molecular complexity index is 459. The Morgan fingerprint density at radius 1 is 1.25 bits per heavy atom. The Balaban J connectivity index is 2.65. The van der Waals surface area contributed by atoms with Crippen LogP contribution in [0.25, 0.3) is 10.1 Å². The summed E-state index contributed by atoms with van der Waals surface area (Å²) in [6.07, 6.45) is 1.39. The number of hydrogen-bond donors (Lipinski definition) is 0. The van der Waals surface area contributed by atoms with E-state index in [9.17, 15) is 4.39 Å². The van der Waals surface area contributed by atoms with Crippen LogP contribution in [0.15, 0.2) is 29.6 Å². The lowest BCUT2D eigenvalue weighted by molar-refractivity contribution is 0.774. The van der Waals surface area contributed by atoms with Crippen molar-refractivity contribution in [1.82, 2.24) is 0 Å². The third kappa shape index (κ3) is 1.19. The van der Waals surface area contributed by atoms with E-state index in [1.54, 1.807) is 11.3 Å². The molecule has 0 aliphatic rings. The molecule has 0 saturated heterocycles. The minimum absolute atomic E-state index is 0.725. The van der Waals surface area contributed by atoms with E-state index >= 15 is 0 Å². The van der Waals surface area contributed by atoms with E-state index < -0.39 is 0 Å². The Hall–Kier alpha value is -1.33. The van der Waals surface area contributed by atoms with Crippen LogP contribution in [-0.4, -0.2) is 0 Å². The van der Waals surface area contributed by atoms with Gasteiger partial charge in [0.1, 0.15) is 6.17 Å². The number of thiophene rings is 1. The Morgan fingerprint density at radius 2 is 2.17 bits per heavy atom. The average molecular weight is 176 g/mol. The molecule has 1 heterocycles. The first-order valence-electron chi connectivity index (χ1n) is 3.49. The minimum atomic E-state index is 0.725. The smallest absolute Gasteiger partial charge is 0.111 e. The standard InChI is InChI=1S/C10H5FS/c11-5-3-8-1-2-10-9(7-8)4-6-12-10/h1-2,4,6-7H. The molecular formula is C10H5FS. The van der Waals surface area contributed by atoms with Gasteiger partial charge in [-0.15, -0.1) is 15.7 Å². The molecular weight excluding hydrogens is 171 g/mol.